The van der Waals surface area contributed by atoms with E-state index in [1.807, 2.05) is 18.4 Å². The van der Waals surface area contributed by atoms with Gasteiger partial charge >= 0.3 is 0 Å². The van der Waals surface area contributed by atoms with Gasteiger partial charge in [0.25, 0.3) is 5.69 Å². The number of nitro benzene ring substituents is 1. The average molecular weight is 306 g/mol. The Balaban J connectivity index is 2.03. The van der Waals surface area contributed by atoms with Gasteiger partial charge in [-0.1, -0.05) is 25.1 Å². The van der Waals surface area contributed by atoms with Crippen LogP contribution in [0.25, 0.3) is 0 Å². The molecule has 1 heterocycles. The van der Waals surface area contributed by atoms with E-state index >= 15 is 0 Å². The zero-order chi connectivity index (χ0) is 15.2. The number of nitrogens with zero attached hydrogens (tertiary/aromatic N) is 2. The summed E-state index contributed by atoms with van der Waals surface area (Å²) in [5.41, 5.74) is 0.585. The quantitative estimate of drug-likeness (QED) is 0.630. The molecular weight excluding hydrogens is 288 g/mol. The third-order valence-corrected chi connectivity index (χ3v) is 4.16. The number of likely N-dealkylation sites (N-methyl/N-ethyl adjacent to an activating group) is 1. The van der Waals surface area contributed by atoms with Gasteiger partial charge in [0.2, 0.25) is 0 Å². The highest BCUT2D eigenvalue weighted by molar-refractivity contribution is 7.09. The maximum absolute atomic E-state index is 10.8. The molecular formula is C15H18N2O3S. The van der Waals surface area contributed by atoms with Gasteiger partial charge in [-0.25, -0.2) is 0 Å². The Morgan fingerprint density at radius 3 is 2.81 bits per heavy atom. The van der Waals surface area contributed by atoms with E-state index in [-0.39, 0.29) is 5.69 Å². The van der Waals surface area contributed by atoms with Crippen molar-refractivity contribution in [1.82, 2.24) is 4.90 Å². The summed E-state index contributed by atoms with van der Waals surface area (Å²) in [5.74, 6) is 0. The van der Waals surface area contributed by atoms with E-state index < -0.39 is 11.0 Å². The lowest BCUT2D eigenvalue weighted by molar-refractivity contribution is -0.385. The molecule has 0 aliphatic carbocycles. The summed E-state index contributed by atoms with van der Waals surface area (Å²) >= 11 is 1.68. The second-order valence-electron chi connectivity index (χ2n) is 4.77. The summed E-state index contributed by atoms with van der Waals surface area (Å²) < 4.78 is 0. The van der Waals surface area contributed by atoms with E-state index in [0.29, 0.717) is 12.1 Å². The van der Waals surface area contributed by atoms with Crippen LogP contribution in [0.1, 0.15) is 23.5 Å². The lowest BCUT2D eigenvalue weighted by atomic mass is 10.1. The third kappa shape index (κ3) is 4.35. The Hall–Kier alpha value is -1.76. The average Bonchev–Trinajstić information content (AvgIpc) is 2.99. The topological polar surface area (TPSA) is 66.6 Å². The van der Waals surface area contributed by atoms with Crippen molar-refractivity contribution >= 4 is 17.0 Å². The maximum atomic E-state index is 10.8. The van der Waals surface area contributed by atoms with Gasteiger partial charge < -0.3 is 5.11 Å². The van der Waals surface area contributed by atoms with Crippen LogP contribution >= 0.6 is 11.3 Å². The van der Waals surface area contributed by atoms with Crippen LogP contribution < -0.4 is 0 Å². The predicted molar refractivity (Wildman–Crippen MR) is 83.3 cm³/mol. The summed E-state index contributed by atoms with van der Waals surface area (Å²) in [6, 6.07) is 10.3. The number of aliphatic hydroxyl groups excluding tert-OH is 1. The number of non-ortho nitro benzene ring substituents is 1. The van der Waals surface area contributed by atoms with Crippen LogP contribution in [0.3, 0.4) is 0 Å². The number of benzene rings is 1. The molecule has 0 saturated carbocycles. The van der Waals surface area contributed by atoms with Crippen LogP contribution in [-0.4, -0.2) is 28.0 Å². The molecule has 0 bridgehead atoms. The molecule has 1 atom stereocenters. The molecule has 0 aliphatic rings. The summed E-state index contributed by atoms with van der Waals surface area (Å²) in [6.45, 7) is 4.08. The number of nitro groups is 1. The van der Waals surface area contributed by atoms with E-state index in [4.69, 9.17) is 0 Å². The molecule has 1 aromatic carbocycles. The molecule has 0 radical (unpaired) electrons. The third-order valence-electron chi connectivity index (χ3n) is 3.30. The van der Waals surface area contributed by atoms with Gasteiger partial charge in [0.05, 0.1) is 11.0 Å². The molecule has 1 N–H and O–H groups in total. The largest absolute Gasteiger partial charge is 0.387 e. The highest BCUT2D eigenvalue weighted by Crippen LogP contribution is 2.21. The molecule has 1 unspecified atom stereocenters. The van der Waals surface area contributed by atoms with Gasteiger partial charge in [0.1, 0.15) is 0 Å². The molecule has 5 nitrogen and oxygen atoms in total. The van der Waals surface area contributed by atoms with Gasteiger partial charge in [-0.15, -0.1) is 11.3 Å². The lowest BCUT2D eigenvalue weighted by Gasteiger charge is -2.23. The van der Waals surface area contributed by atoms with Crippen molar-refractivity contribution < 1.29 is 10.0 Å². The molecule has 0 saturated heterocycles. The van der Waals surface area contributed by atoms with Gasteiger partial charge in [-0.2, -0.15) is 0 Å². The smallest absolute Gasteiger partial charge is 0.269 e. The first-order valence-electron chi connectivity index (χ1n) is 6.77. The fourth-order valence-corrected chi connectivity index (χ4v) is 2.87. The van der Waals surface area contributed by atoms with E-state index in [1.54, 1.807) is 23.5 Å². The Morgan fingerprint density at radius 1 is 1.38 bits per heavy atom. The van der Waals surface area contributed by atoms with Crippen molar-refractivity contribution in [3.8, 4) is 0 Å². The van der Waals surface area contributed by atoms with Crippen molar-refractivity contribution in [2.24, 2.45) is 0 Å². The molecule has 0 amide bonds. The van der Waals surface area contributed by atoms with Crippen LogP contribution in [-0.2, 0) is 6.54 Å². The maximum Gasteiger partial charge on any atom is 0.269 e. The van der Waals surface area contributed by atoms with Gasteiger partial charge in [0.15, 0.2) is 0 Å². The first-order valence-corrected chi connectivity index (χ1v) is 7.65. The number of aliphatic hydroxyl groups is 1. The van der Waals surface area contributed by atoms with Crippen LogP contribution in [0.5, 0.6) is 0 Å². The highest BCUT2D eigenvalue weighted by atomic mass is 32.1. The molecule has 6 heteroatoms. The van der Waals surface area contributed by atoms with Crippen molar-refractivity contribution in [2.45, 2.75) is 19.6 Å². The minimum Gasteiger partial charge on any atom is -0.387 e. The van der Waals surface area contributed by atoms with Gasteiger partial charge in [0, 0.05) is 30.1 Å². The normalized spacial score (nSPS) is 12.5. The highest BCUT2D eigenvalue weighted by Gasteiger charge is 2.15. The zero-order valence-corrected chi connectivity index (χ0v) is 12.6. The van der Waals surface area contributed by atoms with Crippen molar-refractivity contribution in [2.75, 3.05) is 13.1 Å². The Labute approximate surface area is 127 Å². The SMILES string of the molecule is CCN(Cc1cccs1)CC(O)c1cccc([N+](=O)[O-])c1. The second-order valence-corrected chi connectivity index (χ2v) is 5.81. The van der Waals surface area contributed by atoms with Crippen molar-refractivity contribution in [3.05, 3.63) is 62.3 Å². The number of hydrogen-bond acceptors (Lipinski definition) is 5. The molecule has 2 rings (SSSR count). The van der Waals surface area contributed by atoms with Crippen LogP contribution in [0.4, 0.5) is 5.69 Å². The van der Waals surface area contributed by atoms with Crippen molar-refractivity contribution in [3.63, 3.8) is 0 Å². The molecule has 0 aliphatic heterocycles. The molecule has 1 aromatic heterocycles. The van der Waals surface area contributed by atoms with E-state index in [0.717, 1.165) is 13.1 Å². The number of hydrogen-bond donors (Lipinski definition) is 1. The second kappa shape index (κ2) is 7.31. The minimum atomic E-state index is -0.732. The van der Waals surface area contributed by atoms with E-state index in [2.05, 4.69) is 11.0 Å². The van der Waals surface area contributed by atoms with Crippen LogP contribution in [0, 0.1) is 10.1 Å². The molecule has 21 heavy (non-hydrogen) atoms. The van der Waals surface area contributed by atoms with E-state index in [9.17, 15) is 15.2 Å². The molecule has 0 fully saturated rings. The summed E-state index contributed by atoms with van der Waals surface area (Å²) in [4.78, 5) is 13.7. The number of thiophene rings is 1. The molecule has 2 aromatic rings. The Bertz CT molecular complexity index is 586. The van der Waals surface area contributed by atoms with Crippen LogP contribution in [0.15, 0.2) is 41.8 Å². The summed E-state index contributed by atoms with van der Waals surface area (Å²) in [5, 5.41) is 23.1. The first-order chi connectivity index (χ1) is 10.1. The molecule has 0 spiro atoms. The van der Waals surface area contributed by atoms with Crippen LogP contribution in [0.2, 0.25) is 0 Å². The zero-order valence-electron chi connectivity index (χ0n) is 11.8. The number of rotatable bonds is 7. The predicted octanol–water partition coefficient (Wildman–Crippen LogP) is 3.21. The monoisotopic (exact) mass is 306 g/mol. The summed E-state index contributed by atoms with van der Waals surface area (Å²) in [7, 11) is 0. The standard InChI is InChI=1S/C15H18N2O3S/c1-2-16(10-14-7-4-8-21-14)11-15(18)12-5-3-6-13(9-12)17(19)20/h3-9,15,18H,2,10-11H2,1H3. The summed E-state index contributed by atoms with van der Waals surface area (Å²) in [6.07, 6.45) is -0.732. The van der Waals surface area contributed by atoms with Gasteiger partial charge in [-0.05, 0) is 23.6 Å². The fraction of sp³-hybridized carbons (Fsp3) is 0.333. The lowest BCUT2D eigenvalue weighted by Crippen LogP contribution is -2.27. The van der Waals surface area contributed by atoms with Crippen molar-refractivity contribution in [1.29, 1.82) is 0 Å². The van der Waals surface area contributed by atoms with E-state index in [1.165, 1.54) is 17.0 Å². The Morgan fingerprint density at radius 2 is 2.19 bits per heavy atom. The van der Waals surface area contributed by atoms with Gasteiger partial charge in [-0.3, -0.25) is 15.0 Å². The fourth-order valence-electron chi connectivity index (χ4n) is 2.12. The Kier molecular flexibility index (Phi) is 5.44. The molecule has 112 valence electrons. The minimum absolute atomic E-state index is 0.00727. The first kappa shape index (κ1) is 15.6.